The maximum absolute atomic E-state index is 12.4. The number of halogens is 1. The number of hydrogen-bond donors (Lipinski definition) is 1. The Morgan fingerprint density at radius 3 is 2.34 bits per heavy atom. The molecule has 180 valence electrons. The Morgan fingerprint density at radius 2 is 1.63 bits per heavy atom. The largest absolute Gasteiger partial charge is 0.494 e. The Labute approximate surface area is 213 Å². The minimum Gasteiger partial charge on any atom is -0.494 e. The van der Waals surface area contributed by atoms with Gasteiger partial charge in [-0.1, -0.05) is 41.6 Å². The van der Waals surface area contributed by atoms with E-state index in [1.165, 1.54) is 11.8 Å². The molecule has 0 spiro atoms. The van der Waals surface area contributed by atoms with Crippen LogP contribution in [0.2, 0.25) is 5.02 Å². The van der Waals surface area contributed by atoms with Crippen LogP contribution in [0, 0.1) is 0 Å². The predicted octanol–water partition coefficient (Wildman–Crippen LogP) is 6.02. The summed E-state index contributed by atoms with van der Waals surface area (Å²) in [5.74, 6) is 2.60. The number of para-hydroxylation sites is 1. The molecule has 1 N–H and O–H groups in total. The average molecular weight is 509 g/mol. The first kappa shape index (κ1) is 24.6. The second-order valence-electron chi connectivity index (χ2n) is 7.42. The van der Waals surface area contributed by atoms with E-state index in [9.17, 15) is 4.79 Å². The number of nitrogens with one attached hydrogen (secondary N) is 1. The minimum absolute atomic E-state index is 0.0706. The number of amides is 1. The molecular weight excluding hydrogens is 484 g/mol. The molecule has 0 fully saturated rings. The maximum atomic E-state index is 12.4. The number of nitrogens with zero attached hydrogens (tertiary/aromatic N) is 3. The maximum Gasteiger partial charge on any atom is 0.225 e. The van der Waals surface area contributed by atoms with Crippen molar-refractivity contribution < 1.29 is 14.3 Å². The molecular formula is C26H25ClN4O3S. The molecule has 4 aromatic rings. The molecule has 0 saturated heterocycles. The molecule has 35 heavy (non-hydrogen) atoms. The van der Waals surface area contributed by atoms with Crippen molar-refractivity contribution in [1.29, 1.82) is 0 Å². The molecule has 0 saturated carbocycles. The number of aromatic nitrogens is 3. The lowest BCUT2D eigenvalue weighted by Crippen LogP contribution is -2.12. The Balaban J connectivity index is 1.38. The molecule has 0 aliphatic rings. The third-order valence-corrected chi connectivity index (χ3v) is 6.09. The van der Waals surface area contributed by atoms with Gasteiger partial charge in [0.05, 0.1) is 6.61 Å². The van der Waals surface area contributed by atoms with Crippen molar-refractivity contribution in [3.8, 4) is 17.2 Å². The fourth-order valence-corrected chi connectivity index (χ4v) is 4.30. The summed E-state index contributed by atoms with van der Waals surface area (Å²) in [6.07, 6.45) is 0.329. The third kappa shape index (κ3) is 7.00. The van der Waals surface area contributed by atoms with E-state index >= 15 is 0 Å². The SMILES string of the molecule is CCOc1ccc(NC(=O)CCSc2nnc(COc3ccc(Cl)cc3)n2-c2ccccc2)cc1. The first-order valence-electron chi connectivity index (χ1n) is 11.2. The average Bonchev–Trinajstić information content (AvgIpc) is 3.28. The molecule has 3 aromatic carbocycles. The van der Waals surface area contributed by atoms with Gasteiger partial charge in [0.25, 0.3) is 0 Å². The number of benzene rings is 3. The number of hydrogen-bond acceptors (Lipinski definition) is 6. The number of carbonyl (C=O) groups is 1. The summed E-state index contributed by atoms with van der Waals surface area (Å²) in [5.41, 5.74) is 1.66. The van der Waals surface area contributed by atoms with Gasteiger partial charge in [0.2, 0.25) is 5.91 Å². The highest BCUT2D eigenvalue weighted by Crippen LogP contribution is 2.24. The molecule has 4 rings (SSSR count). The fraction of sp³-hybridized carbons (Fsp3) is 0.192. The molecule has 1 aromatic heterocycles. The topological polar surface area (TPSA) is 78.3 Å². The van der Waals surface area contributed by atoms with Crippen molar-refractivity contribution in [1.82, 2.24) is 14.8 Å². The zero-order chi connectivity index (χ0) is 24.5. The summed E-state index contributed by atoms with van der Waals surface area (Å²) in [7, 11) is 0. The molecule has 0 atom stereocenters. The van der Waals surface area contributed by atoms with Crippen LogP contribution in [0.3, 0.4) is 0 Å². The van der Waals surface area contributed by atoms with Gasteiger partial charge in [-0.25, -0.2) is 0 Å². The molecule has 9 heteroatoms. The van der Waals surface area contributed by atoms with Gasteiger partial charge in [0.15, 0.2) is 11.0 Å². The highest BCUT2D eigenvalue weighted by atomic mass is 35.5. The van der Waals surface area contributed by atoms with E-state index < -0.39 is 0 Å². The lowest BCUT2D eigenvalue weighted by atomic mass is 10.3. The fourth-order valence-electron chi connectivity index (χ4n) is 3.26. The van der Waals surface area contributed by atoms with Crippen LogP contribution in [0.25, 0.3) is 5.69 Å². The standard InChI is InChI=1S/C26H25ClN4O3S/c1-2-33-22-14-10-20(11-15-22)28-25(32)16-17-35-26-30-29-24(31(26)21-6-4-3-5-7-21)18-34-23-12-8-19(27)9-13-23/h3-15H,2,16-18H2,1H3,(H,28,32). The number of rotatable bonds is 11. The monoisotopic (exact) mass is 508 g/mol. The van der Waals surface area contributed by atoms with E-state index in [1.807, 2.05) is 78.2 Å². The zero-order valence-corrected chi connectivity index (χ0v) is 20.8. The van der Waals surface area contributed by atoms with Gasteiger partial charge in [-0.2, -0.15) is 0 Å². The second-order valence-corrected chi connectivity index (χ2v) is 8.91. The van der Waals surface area contributed by atoms with Gasteiger partial charge < -0.3 is 14.8 Å². The Kier molecular flexibility index (Phi) is 8.64. The van der Waals surface area contributed by atoms with Crippen LogP contribution < -0.4 is 14.8 Å². The molecule has 0 bridgehead atoms. The number of anilines is 1. The van der Waals surface area contributed by atoms with Crippen LogP contribution in [0.15, 0.2) is 84.0 Å². The number of thioether (sulfide) groups is 1. The normalized spacial score (nSPS) is 10.7. The molecule has 1 amide bonds. The summed E-state index contributed by atoms with van der Waals surface area (Å²) in [5, 5.41) is 13.0. The van der Waals surface area contributed by atoms with Crippen molar-refractivity contribution in [3.05, 3.63) is 89.7 Å². The van der Waals surface area contributed by atoms with Gasteiger partial charge in [-0.05, 0) is 67.6 Å². The lowest BCUT2D eigenvalue weighted by molar-refractivity contribution is -0.115. The second kappa shape index (κ2) is 12.3. The Morgan fingerprint density at radius 1 is 0.943 bits per heavy atom. The highest BCUT2D eigenvalue weighted by Gasteiger charge is 2.16. The lowest BCUT2D eigenvalue weighted by Gasteiger charge is -2.11. The summed E-state index contributed by atoms with van der Waals surface area (Å²) in [4.78, 5) is 12.4. The molecule has 0 radical (unpaired) electrons. The minimum atomic E-state index is -0.0706. The Hall–Kier alpha value is -3.49. The Bertz CT molecular complexity index is 1230. The van der Waals surface area contributed by atoms with Crippen molar-refractivity contribution >= 4 is 35.0 Å². The highest BCUT2D eigenvalue weighted by molar-refractivity contribution is 7.99. The first-order valence-corrected chi connectivity index (χ1v) is 12.5. The van der Waals surface area contributed by atoms with Crippen molar-refractivity contribution in [2.24, 2.45) is 0 Å². The van der Waals surface area contributed by atoms with Crippen molar-refractivity contribution in [2.75, 3.05) is 17.7 Å². The van der Waals surface area contributed by atoms with Crippen molar-refractivity contribution in [3.63, 3.8) is 0 Å². The van der Waals surface area contributed by atoms with E-state index in [2.05, 4.69) is 15.5 Å². The summed E-state index contributed by atoms with van der Waals surface area (Å²) in [6.45, 7) is 2.77. The van der Waals surface area contributed by atoms with E-state index in [4.69, 9.17) is 21.1 Å². The summed E-state index contributed by atoms with van der Waals surface area (Å²) < 4.78 is 13.3. The van der Waals surface area contributed by atoms with Crippen LogP contribution in [-0.2, 0) is 11.4 Å². The van der Waals surface area contributed by atoms with Gasteiger partial charge in [-0.15, -0.1) is 10.2 Å². The molecule has 0 aliphatic carbocycles. The molecule has 1 heterocycles. The first-order chi connectivity index (χ1) is 17.1. The predicted molar refractivity (Wildman–Crippen MR) is 139 cm³/mol. The van der Waals surface area contributed by atoms with Crippen LogP contribution in [0.1, 0.15) is 19.2 Å². The van der Waals surface area contributed by atoms with E-state index in [1.54, 1.807) is 12.1 Å². The smallest absolute Gasteiger partial charge is 0.225 e. The van der Waals surface area contributed by atoms with E-state index in [-0.39, 0.29) is 12.5 Å². The van der Waals surface area contributed by atoms with Gasteiger partial charge in [0.1, 0.15) is 18.1 Å². The zero-order valence-electron chi connectivity index (χ0n) is 19.2. The number of ether oxygens (including phenoxy) is 2. The third-order valence-electron chi connectivity index (χ3n) is 4.91. The van der Waals surface area contributed by atoms with E-state index in [0.717, 1.165) is 17.1 Å². The van der Waals surface area contributed by atoms with E-state index in [0.29, 0.717) is 40.5 Å². The quantitative estimate of drug-likeness (QED) is 0.250. The number of carbonyl (C=O) groups excluding carboxylic acids is 1. The van der Waals surface area contributed by atoms with Crippen LogP contribution in [0.5, 0.6) is 11.5 Å². The van der Waals surface area contributed by atoms with Gasteiger partial charge >= 0.3 is 0 Å². The molecule has 0 aliphatic heterocycles. The van der Waals surface area contributed by atoms with Crippen LogP contribution >= 0.6 is 23.4 Å². The van der Waals surface area contributed by atoms with Crippen molar-refractivity contribution in [2.45, 2.75) is 25.1 Å². The summed E-state index contributed by atoms with van der Waals surface area (Å²) >= 11 is 7.42. The van der Waals surface area contributed by atoms with Gasteiger partial charge in [0, 0.05) is 28.6 Å². The van der Waals surface area contributed by atoms with Gasteiger partial charge in [-0.3, -0.25) is 9.36 Å². The summed E-state index contributed by atoms with van der Waals surface area (Å²) in [6, 6.07) is 24.3. The van der Waals surface area contributed by atoms with Crippen LogP contribution in [0.4, 0.5) is 5.69 Å². The molecule has 7 nitrogen and oxygen atoms in total. The van der Waals surface area contributed by atoms with Crippen LogP contribution in [-0.4, -0.2) is 33.0 Å². The molecule has 0 unspecified atom stereocenters.